The first kappa shape index (κ1) is 15.2. The van der Waals surface area contributed by atoms with Crippen molar-refractivity contribution in [1.29, 1.82) is 0 Å². The van der Waals surface area contributed by atoms with Gasteiger partial charge in [0.15, 0.2) is 0 Å². The van der Waals surface area contributed by atoms with Gasteiger partial charge in [0, 0.05) is 24.4 Å². The zero-order valence-corrected chi connectivity index (χ0v) is 13.5. The van der Waals surface area contributed by atoms with Gasteiger partial charge in [0.25, 0.3) is 0 Å². The Labute approximate surface area is 123 Å². The van der Waals surface area contributed by atoms with Crippen molar-refractivity contribution in [2.75, 3.05) is 24.6 Å². The third-order valence-corrected chi connectivity index (χ3v) is 6.65. The molecule has 1 saturated heterocycles. The Kier molecular flexibility index (Phi) is 4.87. The molecule has 0 spiro atoms. The van der Waals surface area contributed by atoms with Gasteiger partial charge in [0.1, 0.15) is 16.4 Å². The van der Waals surface area contributed by atoms with Crippen LogP contribution >= 0.6 is 23.4 Å². The maximum Gasteiger partial charge on any atom is 0.246 e. The van der Waals surface area contributed by atoms with Crippen molar-refractivity contribution >= 4 is 33.4 Å². The molecule has 0 atom stereocenters. The second kappa shape index (κ2) is 6.08. The van der Waals surface area contributed by atoms with Crippen molar-refractivity contribution < 1.29 is 12.8 Å². The van der Waals surface area contributed by atoms with E-state index in [0.29, 0.717) is 30.2 Å². The highest BCUT2D eigenvalue weighted by Gasteiger charge is 2.32. The van der Waals surface area contributed by atoms with Crippen LogP contribution in [0.1, 0.15) is 23.5 Å². The number of thioether (sulfide) groups is 1. The third kappa shape index (κ3) is 2.96. The van der Waals surface area contributed by atoms with Crippen molar-refractivity contribution in [2.24, 2.45) is 0 Å². The van der Waals surface area contributed by atoms with E-state index in [9.17, 15) is 8.42 Å². The summed E-state index contributed by atoms with van der Waals surface area (Å²) in [5, 5.41) is 0. The topological polar surface area (TPSA) is 50.5 Å². The number of hydrogen-bond donors (Lipinski definition) is 0. The molecule has 0 radical (unpaired) electrons. The molecule has 0 aromatic carbocycles. The molecule has 0 amide bonds. The first-order valence-corrected chi connectivity index (χ1v) is 9.34. The Morgan fingerprint density at radius 3 is 2.68 bits per heavy atom. The molecule has 0 saturated carbocycles. The number of sulfonamides is 1. The number of halogens is 1. The standard InChI is InChI=1S/C12H18ClNO3S2/c1-9-11(8-13)12(10(2)17-9)19(15,16)14-4-3-6-18-7-5-14/h3-8H2,1-2H3. The lowest BCUT2D eigenvalue weighted by molar-refractivity contribution is 0.431. The lowest BCUT2D eigenvalue weighted by atomic mass is 10.3. The summed E-state index contributed by atoms with van der Waals surface area (Å²) in [6.45, 7) is 4.56. The maximum atomic E-state index is 12.8. The minimum Gasteiger partial charge on any atom is -0.465 e. The number of aryl methyl sites for hydroxylation is 2. The fraction of sp³-hybridized carbons (Fsp3) is 0.667. The average Bonchev–Trinajstić information content (AvgIpc) is 2.58. The van der Waals surface area contributed by atoms with Crippen LogP contribution in [-0.4, -0.2) is 37.3 Å². The summed E-state index contributed by atoms with van der Waals surface area (Å²) in [5.74, 6) is 3.03. The normalized spacial score (nSPS) is 18.5. The van der Waals surface area contributed by atoms with E-state index < -0.39 is 10.0 Å². The average molecular weight is 324 g/mol. The van der Waals surface area contributed by atoms with Crippen molar-refractivity contribution in [2.45, 2.75) is 31.0 Å². The van der Waals surface area contributed by atoms with Crippen LogP contribution in [0.15, 0.2) is 9.31 Å². The van der Waals surface area contributed by atoms with E-state index in [0.717, 1.165) is 17.9 Å². The molecule has 1 aromatic heterocycles. The van der Waals surface area contributed by atoms with Gasteiger partial charge in [-0.3, -0.25) is 0 Å². The van der Waals surface area contributed by atoms with Crippen molar-refractivity contribution in [1.82, 2.24) is 4.31 Å². The van der Waals surface area contributed by atoms with Crippen LogP contribution in [-0.2, 0) is 15.9 Å². The van der Waals surface area contributed by atoms with E-state index >= 15 is 0 Å². The third-order valence-electron chi connectivity index (χ3n) is 3.24. The first-order chi connectivity index (χ1) is 8.98. The Morgan fingerprint density at radius 1 is 1.26 bits per heavy atom. The van der Waals surface area contributed by atoms with Crippen LogP contribution in [0.4, 0.5) is 0 Å². The molecule has 0 bridgehead atoms. The van der Waals surface area contributed by atoms with Crippen LogP contribution in [0.25, 0.3) is 0 Å². The molecule has 0 aliphatic carbocycles. The second-order valence-corrected chi connectivity index (χ2v) is 7.89. The van der Waals surface area contributed by atoms with Gasteiger partial charge >= 0.3 is 0 Å². The molecule has 4 nitrogen and oxygen atoms in total. The van der Waals surface area contributed by atoms with Gasteiger partial charge in [-0.15, -0.1) is 11.6 Å². The lowest BCUT2D eigenvalue weighted by Crippen LogP contribution is -2.33. The van der Waals surface area contributed by atoms with Crippen LogP contribution in [0.3, 0.4) is 0 Å². The second-order valence-electron chi connectivity index (χ2n) is 4.53. The van der Waals surface area contributed by atoms with Gasteiger partial charge < -0.3 is 4.42 Å². The Bertz CT molecular complexity index is 546. The number of rotatable bonds is 3. The zero-order chi connectivity index (χ0) is 14.0. The number of nitrogens with zero attached hydrogens (tertiary/aromatic N) is 1. The van der Waals surface area contributed by atoms with Gasteiger partial charge in [-0.1, -0.05) is 0 Å². The van der Waals surface area contributed by atoms with E-state index in [2.05, 4.69) is 0 Å². The van der Waals surface area contributed by atoms with Crippen LogP contribution in [0.5, 0.6) is 0 Å². The molecule has 1 fully saturated rings. The van der Waals surface area contributed by atoms with Crippen LogP contribution in [0.2, 0.25) is 0 Å². The highest BCUT2D eigenvalue weighted by Crippen LogP contribution is 2.31. The lowest BCUT2D eigenvalue weighted by Gasteiger charge is -2.19. The molecule has 2 heterocycles. The minimum absolute atomic E-state index is 0.153. The van der Waals surface area contributed by atoms with Crippen molar-refractivity contribution in [3.05, 3.63) is 17.1 Å². The Hall–Kier alpha value is -0.170. The molecule has 1 aliphatic rings. The summed E-state index contributed by atoms with van der Waals surface area (Å²) >= 11 is 7.68. The van der Waals surface area contributed by atoms with Gasteiger partial charge in [-0.05, 0) is 26.0 Å². The van der Waals surface area contributed by atoms with E-state index in [1.54, 1.807) is 29.9 Å². The van der Waals surface area contributed by atoms with Gasteiger partial charge in [-0.2, -0.15) is 16.1 Å². The van der Waals surface area contributed by atoms with Crippen molar-refractivity contribution in [3.8, 4) is 0 Å². The molecule has 19 heavy (non-hydrogen) atoms. The fourth-order valence-electron chi connectivity index (χ4n) is 2.29. The SMILES string of the molecule is Cc1oc(C)c(S(=O)(=O)N2CCCSCC2)c1CCl. The minimum atomic E-state index is -3.50. The summed E-state index contributed by atoms with van der Waals surface area (Å²) in [7, 11) is -3.50. The summed E-state index contributed by atoms with van der Waals surface area (Å²) < 4.78 is 32.5. The predicted molar refractivity (Wildman–Crippen MR) is 78.4 cm³/mol. The quantitative estimate of drug-likeness (QED) is 0.803. The van der Waals surface area contributed by atoms with E-state index in [1.165, 1.54) is 0 Å². The monoisotopic (exact) mass is 323 g/mol. The molecule has 0 unspecified atom stereocenters. The van der Waals surface area contributed by atoms with Gasteiger partial charge in [-0.25, -0.2) is 8.42 Å². The highest BCUT2D eigenvalue weighted by atomic mass is 35.5. The first-order valence-electron chi connectivity index (χ1n) is 6.21. The van der Waals surface area contributed by atoms with E-state index in [4.69, 9.17) is 16.0 Å². The molecular formula is C12H18ClNO3S2. The highest BCUT2D eigenvalue weighted by molar-refractivity contribution is 7.99. The fourth-order valence-corrected chi connectivity index (χ4v) is 5.59. The van der Waals surface area contributed by atoms with Gasteiger partial charge in [0.05, 0.1) is 5.88 Å². The van der Waals surface area contributed by atoms with E-state index in [-0.39, 0.29) is 10.8 Å². The van der Waals surface area contributed by atoms with Crippen LogP contribution in [0, 0.1) is 13.8 Å². The predicted octanol–water partition coefficient (Wildman–Crippen LogP) is 2.76. The Balaban J connectivity index is 2.43. The maximum absolute atomic E-state index is 12.8. The number of alkyl halides is 1. The summed E-state index contributed by atoms with van der Waals surface area (Å²) in [6, 6.07) is 0. The molecule has 7 heteroatoms. The zero-order valence-electron chi connectivity index (χ0n) is 11.1. The summed E-state index contributed by atoms with van der Waals surface area (Å²) in [4.78, 5) is 0.270. The molecule has 0 N–H and O–H groups in total. The molecule has 2 rings (SSSR count). The van der Waals surface area contributed by atoms with Gasteiger partial charge in [0.2, 0.25) is 10.0 Å². The molecule has 1 aromatic rings. The number of furan rings is 1. The summed E-state index contributed by atoms with van der Waals surface area (Å²) in [6.07, 6.45) is 0.885. The largest absolute Gasteiger partial charge is 0.465 e. The van der Waals surface area contributed by atoms with Crippen molar-refractivity contribution in [3.63, 3.8) is 0 Å². The molecule has 1 aliphatic heterocycles. The Morgan fingerprint density at radius 2 is 2.00 bits per heavy atom. The molecule has 108 valence electrons. The summed E-state index contributed by atoms with van der Waals surface area (Å²) in [5.41, 5.74) is 0.594. The smallest absolute Gasteiger partial charge is 0.246 e. The molecular weight excluding hydrogens is 306 g/mol. The van der Waals surface area contributed by atoms with E-state index in [1.807, 2.05) is 0 Å². The van der Waals surface area contributed by atoms with Crippen LogP contribution < -0.4 is 0 Å². The number of hydrogen-bond acceptors (Lipinski definition) is 4.